The second-order valence-corrected chi connectivity index (χ2v) is 8.36. The van der Waals surface area contributed by atoms with Crippen molar-refractivity contribution in [2.45, 2.75) is 60.5 Å². The first-order valence-electron chi connectivity index (χ1n) is 7.83. The van der Waals surface area contributed by atoms with Crippen molar-refractivity contribution in [3.8, 4) is 0 Å². The largest absolute Gasteiger partial charge is 0.411 e. The third-order valence-electron chi connectivity index (χ3n) is 5.17. The van der Waals surface area contributed by atoms with Gasteiger partial charge in [-0.15, -0.1) is 0 Å². The van der Waals surface area contributed by atoms with E-state index in [0.29, 0.717) is 5.71 Å². The topological polar surface area (TPSA) is 52.8 Å². The molecule has 2 aliphatic rings. The average Bonchev–Trinajstić information content (AvgIpc) is 2.31. The van der Waals surface area contributed by atoms with Gasteiger partial charge in [-0.2, -0.15) is 0 Å². The molecular weight excluding hydrogens is 262 g/mol. The third-order valence-corrected chi connectivity index (χ3v) is 5.17. The molecule has 3 heteroatoms. The van der Waals surface area contributed by atoms with Crippen LogP contribution in [0.2, 0.25) is 0 Å². The number of hydrogen-bond donors (Lipinski definition) is 2. The zero-order chi connectivity index (χ0) is 16.0. The lowest BCUT2D eigenvalue weighted by Crippen LogP contribution is -2.49. The summed E-state index contributed by atoms with van der Waals surface area (Å²) in [5, 5.41) is 23.9. The van der Waals surface area contributed by atoms with E-state index in [1.165, 1.54) is 11.1 Å². The first-order valence-corrected chi connectivity index (χ1v) is 7.83. The van der Waals surface area contributed by atoms with E-state index < -0.39 is 6.10 Å². The molecule has 2 aliphatic carbocycles. The minimum absolute atomic E-state index is 0.000926. The maximum atomic E-state index is 10.9. The molecule has 0 saturated heterocycles. The Balaban J connectivity index is 2.50. The van der Waals surface area contributed by atoms with Crippen molar-refractivity contribution >= 4 is 5.71 Å². The Morgan fingerprint density at radius 1 is 1.05 bits per heavy atom. The lowest BCUT2D eigenvalue weighted by Gasteiger charge is -2.48. The van der Waals surface area contributed by atoms with Crippen LogP contribution in [-0.2, 0) is 0 Å². The van der Waals surface area contributed by atoms with Crippen LogP contribution in [0.5, 0.6) is 0 Å². The quantitative estimate of drug-likeness (QED) is 0.433. The Morgan fingerprint density at radius 2 is 1.62 bits per heavy atom. The zero-order valence-corrected chi connectivity index (χ0v) is 14.1. The molecule has 0 aliphatic heterocycles. The van der Waals surface area contributed by atoms with Crippen molar-refractivity contribution in [3.63, 3.8) is 0 Å². The van der Waals surface area contributed by atoms with E-state index in [2.05, 4.69) is 52.8 Å². The van der Waals surface area contributed by atoms with Crippen molar-refractivity contribution in [2.24, 2.45) is 27.8 Å². The Kier molecular flexibility index (Phi) is 4.09. The number of nitrogens with zero attached hydrogens (tertiary/aromatic N) is 1. The van der Waals surface area contributed by atoms with E-state index in [-0.39, 0.29) is 22.7 Å². The van der Waals surface area contributed by atoms with Gasteiger partial charge in [-0.05, 0) is 43.6 Å². The molecule has 2 rings (SSSR count). The van der Waals surface area contributed by atoms with Gasteiger partial charge in [0.25, 0.3) is 0 Å². The van der Waals surface area contributed by atoms with Crippen LogP contribution < -0.4 is 0 Å². The number of allylic oxidation sites excluding steroid dienone is 3. The number of hydrogen-bond acceptors (Lipinski definition) is 3. The summed E-state index contributed by atoms with van der Waals surface area (Å²) >= 11 is 0. The molecule has 0 bridgehead atoms. The van der Waals surface area contributed by atoms with Crippen LogP contribution in [0.25, 0.3) is 0 Å². The van der Waals surface area contributed by atoms with Crippen LogP contribution in [0, 0.1) is 22.7 Å². The van der Waals surface area contributed by atoms with Gasteiger partial charge in [-0.25, -0.2) is 0 Å². The number of aliphatic hydroxyl groups is 1. The standard InChI is InChI=1S/C18H29NO2/c1-11-7-13(16(20)18(5,6)10-11)15-14(19-21)8-12(2)9-17(15,3)4/h7-8,13,15-16,20-21H,9-10H2,1-6H3/b19-14+. The minimum atomic E-state index is -0.422. The molecule has 118 valence electrons. The van der Waals surface area contributed by atoms with Gasteiger partial charge < -0.3 is 10.3 Å². The smallest absolute Gasteiger partial charge is 0.0838 e. The zero-order valence-electron chi connectivity index (χ0n) is 14.1. The highest BCUT2D eigenvalue weighted by atomic mass is 16.4. The molecule has 3 unspecified atom stereocenters. The fourth-order valence-corrected chi connectivity index (χ4v) is 4.53. The Bertz CT molecular complexity index is 511. The molecule has 2 N–H and O–H groups in total. The van der Waals surface area contributed by atoms with E-state index in [9.17, 15) is 10.3 Å². The summed E-state index contributed by atoms with van der Waals surface area (Å²) in [5.41, 5.74) is 3.07. The molecule has 0 aromatic heterocycles. The highest BCUT2D eigenvalue weighted by Crippen LogP contribution is 2.49. The molecule has 0 spiro atoms. The van der Waals surface area contributed by atoms with E-state index in [4.69, 9.17) is 0 Å². The summed E-state index contributed by atoms with van der Waals surface area (Å²) in [4.78, 5) is 0. The molecule has 3 nitrogen and oxygen atoms in total. The summed E-state index contributed by atoms with van der Waals surface area (Å²) < 4.78 is 0. The summed E-state index contributed by atoms with van der Waals surface area (Å²) in [6.45, 7) is 12.9. The number of aliphatic hydroxyl groups excluding tert-OH is 1. The van der Waals surface area contributed by atoms with Crippen LogP contribution in [0.15, 0.2) is 28.5 Å². The van der Waals surface area contributed by atoms with Crippen LogP contribution in [0.4, 0.5) is 0 Å². The lowest BCUT2D eigenvalue weighted by atomic mass is 9.57. The van der Waals surface area contributed by atoms with Gasteiger partial charge >= 0.3 is 0 Å². The Morgan fingerprint density at radius 3 is 2.19 bits per heavy atom. The molecule has 0 aromatic carbocycles. The first-order chi connectivity index (χ1) is 9.58. The third kappa shape index (κ3) is 2.94. The number of oxime groups is 1. The van der Waals surface area contributed by atoms with Crippen LogP contribution in [0.3, 0.4) is 0 Å². The Hall–Kier alpha value is -1.09. The highest BCUT2D eigenvalue weighted by molar-refractivity contribution is 5.98. The van der Waals surface area contributed by atoms with Gasteiger partial charge in [-0.3, -0.25) is 0 Å². The lowest BCUT2D eigenvalue weighted by molar-refractivity contribution is -0.0191. The van der Waals surface area contributed by atoms with Crippen LogP contribution in [-0.4, -0.2) is 22.1 Å². The minimum Gasteiger partial charge on any atom is -0.411 e. The molecule has 0 amide bonds. The van der Waals surface area contributed by atoms with Crippen molar-refractivity contribution in [2.75, 3.05) is 0 Å². The van der Waals surface area contributed by atoms with Crippen molar-refractivity contribution < 1.29 is 10.3 Å². The predicted octanol–water partition coefficient (Wildman–Crippen LogP) is 4.16. The van der Waals surface area contributed by atoms with Gasteiger partial charge in [0.15, 0.2) is 0 Å². The summed E-state index contributed by atoms with van der Waals surface area (Å²) in [6.07, 6.45) is 5.63. The molecule has 0 saturated carbocycles. The monoisotopic (exact) mass is 291 g/mol. The molecule has 0 fully saturated rings. The predicted molar refractivity (Wildman–Crippen MR) is 86.5 cm³/mol. The van der Waals surface area contributed by atoms with E-state index >= 15 is 0 Å². The average molecular weight is 291 g/mol. The molecule has 0 heterocycles. The van der Waals surface area contributed by atoms with E-state index in [0.717, 1.165) is 12.8 Å². The fraction of sp³-hybridized carbons (Fsp3) is 0.722. The second-order valence-electron chi connectivity index (χ2n) is 8.36. The van der Waals surface area contributed by atoms with Crippen molar-refractivity contribution in [1.29, 1.82) is 0 Å². The molecule has 0 radical (unpaired) electrons. The molecule has 21 heavy (non-hydrogen) atoms. The highest BCUT2D eigenvalue weighted by Gasteiger charge is 2.48. The van der Waals surface area contributed by atoms with E-state index in [1.807, 2.05) is 6.08 Å². The van der Waals surface area contributed by atoms with Crippen LogP contribution in [0.1, 0.15) is 54.4 Å². The first kappa shape index (κ1) is 16.3. The van der Waals surface area contributed by atoms with Gasteiger partial charge in [0, 0.05) is 11.8 Å². The Labute approximate surface area is 128 Å². The van der Waals surface area contributed by atoms with Crippen molar-refractivity contribution in [1.82, 2.24) is 0 Å². The van der Waals surface area contributed by atoms with Gasteiger partial charge in [0.05, 0.1) is 11.8 Å². The second kappa shape index (κ2) is 5.28. The maximum Gasteiger partial charge on any atom is 0.0838 e. The summed E-state index contributed by atoms with van der Waals surface area (Å²) in [7, 11) is 0. The molecular formula is C18H29NO2. The SMILES string of the molecule is CC1=CC(C2/C(=N/O)C=C(C)CC2(C)C)C(O)C(C)(C)C1. The fourth-order valence-electron chi connectivity index (χ4n) is 4.53. The van der Waals surface area contributed by atoms with Gasteiger partial charge in [0.2, 0.25) is 0 Å². The summed E-state index contributed by atoms with van der Waals surface area (Å²) in [5.74, 6) is 0.0368. The maximum absolute atomic E-state index is 10.9. The van der Waals surface area contributed by atoms with E-state index in [1.54, 1.807) is 0 Å². The summed E-state index contributed by atoms with van der Waals surface area (Å²) in [6, 6.07) is 0. The van der Waals surface area contributed by atoms with Gasteiger partial charge in [0.1, 0.15) is 0 Å². The number of rotatable bonds is 1. The normalized spacial score (nSPS) is 37.1. The molecule has 0 aromatic rings. The van der Waals surface area contributed by atoms with Gasteiger partial charge in [-0.1, -0.05) is 50.1 Å². The van der Waals surface area contributed by atoms with Crippen molar-refractivity contribution in [3.05, 3.63) is 23.3 Å². The van der Waals surface area contributed by atoms with Crippen LogP contribution >= 0.6 is 0 Å². The molecule has 3 atom stereocenters.